The maximum Gasteiger partial charge on any atom is 0.185 e. The number of hydrogen-bond acceptors (Lipinski definition) is 4. The van der Waals surface area contributed by atoms with E-state index >= 15 is 0 Å². The van der Waals surface area contributed by atoms with Gasteiger partial charge in [-0.25, -0.2) is 0 Å². The highest BCUT2D eigenvalue weighted by molar-refractivity contribution is 5.70. The maximum atomic E-state index is 10.2. The monoisotopic (exact) mass is 253 g/mol. The summed E-state index contributed by atoms with van der Waals surface area (Å²) in [4.78, 5) is 10.2. The Bertz CT molecular complexity index is 303. The Hall–Kier alpha value is -1.13. The molecule has 1 aliphatic rings. The van der Waals surface area contributed by atoms with Crippen LogP contribution in [0, 0.1) is 0 Å². The first-order chi connectivity index (χ1) is 8.86. The smallest absolute Gasteiger partial charge is 0.185 e. The fourth-order valence-electron chi connectivity index (χ4n) is 1.64. The molecule has 1 aliphatic heterocycles. The van der Waals surface area contributed by atoms with Gasteiger partial charge in [-0.1, -0.05) is 13.3 Å². The van der Waals surface area contributed by atoms with Crippen molar-refractivity contribution in [3.05, 3.63) is 23.7 Å². The molecule has 1 aromatic rings. The molecule has 1 N–H and O–H groups in total. The lowest BCUT2D eigenvalue weighted by atomic mass is 10.1. The van der Waals surface area contributed by atoms with Gasteiger partial charge in [0, 0.05) is 13.2 Å². The zero-order valence-electron chi connectivity index (χ0n) is 11.1. The fraction of sp³-hybridized carbons (Fsp3) is 0.643. The molecule has 0 atom stereocenters. The molecule has 0 aromatic carbocycles. The predicted molar refractivity (Wildman–Crippen MR) is 71.0 cm³/mol. The number of rotatable bonds is 4. The third-order valence-electron chi connectivity index (χ3n) is 2.67. The summed E-state index contributed by atoms with van der Waals surface area (Å²) in [6, 6.07) is 1.79. The van der Waals surface area contributed by atoms with Gasteiger partial charge in [0.2, 0.25) is 0 Å². The largest absolute Gasteiger partial charge is 0.461 e. The number of nitrogens with one attached hydrogen (secondary N) is 1. The van der Waals surface area contributed by atoms with E-state index in [9.17, 15) is 4.79 Å². The van der Waals surface area contributed by atoms with Crippen LogP contribution >= 0.6 is 0 Å². The van der Waals surface area contributed by atoms with E-state index in [-0.39, 0.29) is 0 Å². The number of carbonyl (C=O) groups is 1. The second kappa shape index (κ2) is 9.85. The SMILES string of the molecule is C1CNCCOC1.CCCCc1coc(C=O)c1. The molecule has 1 saturated heterocycles. The lowest BCUT2D eigenvalue weighted by Crippen LogP contribution is -2.15. The molecule has 18 heavy (non-hydrogen) atoms. The van der Waals surface area contributed by atoms with Crippen LogP contribution in [0.1, 0.15) is 42.3 Å². The van der Waals surface area contributed by atoms with Gasteiger partial charge in [-0.3, -0.25) is 4.79 Å². The van der Waals surface area contributed by atoms with Crippen LogP contribution in [0.15, 0.2) is 16.7 Å². The first kappa shape index (κ1) is 14.9. The van der Waals surface area contributed by atoms with Crippen LogP contribution in [0.3, 0.4) is 0 Å². The van der Waals surface area contributed by atoms with E-state index in [1.807, 2.05) is 0 Å². The minimum Gasteiger partial charge on any atom is -0.461 e. The van der Waals surface area contributed by atoms with E-state index < -0.39 is 0 Å². The molecule has 1 fully saturated rings. The zero-order chi connectivity index (χ0) is 13.1. The highest BCUT2D eigenvalue weighted by Gasteiger charge is 1.98. The molecule has 2 rings (SSSR count). The van der Waals surface area contributed by atoms with Gasteiger partial charge in [0.15, 0.2) is 12.0 Å². The second-order valence-electron chi connectivity index (χ2n) is 4.29. The van der Waals surface area contributed by atoms with E-state index in [1.54, 1.807) is 12.3 Å². The molecule has 1 aromatic heterocycles. The summed E-state index contributed by atoms with van der Waals surface area (Å²) in [6.45, 7) is 6.12. The van der Waals surface area contributed by atoms with Crippen LogP contribution in [-0.4, -0.2) is 32.6 Å². The first-order valence-electron chi connectivity index (χ1n) is 6.68. The topological polar surface area (TPSA) is 51.5 Å². The number of unbranched alkanes of at least 4 members (excludes halogenated alkanes) is 1. The highest BCUT2D eigenvalue weighted by Crippen LogP contribution is 2.08. The molecule has 0 aliphatic carbocycles. The molecule has 0 amide bonds. The number of aldehydes is 1. The van der Waals surface area contributed by atoms with E-state index in [2.05, 4.69) is 12.2 Å². The number of ether oxygens (including phenoxy) is 1. The van der Waals surface area contributed by atoms with Crippen molar-refractivity contribution in [1.82, 2.24) is 5.32 Å². The lowest BCUT2D eigenvalue weighted by molar-refractivity contribution is 0.110. The third kappa shape index (κ3) is 6.57. The van der Waals surface area contributed by atoms with Gasteiger partial charge >= 0.3 is 0 Å². The second-order valence-corrected chi connectivity index (χ2v) is 4.29. The van der Waals surface area contributed by atoms with Crippen LogP contribution in [-0.2, 0) is 11.2 Å². The Morgan fingerprint density at radius 3 is 3.00 bits per heavy atom. The lowest BCUT2D eigenvalue weighted by Gasteiger charge is -1.91. The summed E-state index contributed by atoms with van der Waals surface area (Å²) in [5, 5.41) is 3.22. The van der Waals surface area contributed by atoms with Crippen LogP contribution in [0.4, 0.5) is 0 Å². The number of carbonyl (C=O) groups excluding carboxylic acids is 1. The average molecular weight is 253 g/mol. The molecule has 0 unspecified atom stereocenters. The molecule has 102 valence electrons. The van der Waals surface area contributed by atoms with E-state index in [0.717, 1.165) is 51.0 Å². The summed E-state index contributed by atoms with van der Waals surface area (Å²) < 4.78 is 10.1. The number of furan rings is 1. The van der Waals surface area contributed by atoms with Gasteiger partial charge in [-0.2, -0.15) is 0 Å². The predicted octanol–water partition coefficient (Wildman–Crippen LogP) is 2.43. The number of aryl methyl sites for hydroxylation is 1. The number of hydrogen-bond donors (Lipinski definition) is 1. The van der Waals surface area contributed by atoms with E-state index in [1.165, 1.54) is 12.8 Å². The van der Waals surface area contributed by atoms with Crippen molar-refractivity contribution in [3.63, 3.8) is 0 Å². The fourth-order valence-corrected chi connectivity index (χ4v) is 1.64. The Labute approximate surface area is 109 Å². The van der Waals surface area contributed by atoms with Gasteiger partial charge in [0.05, 0.1) is 12.9 Å². The van der Waals surface area contributed by atoms with Crippen LogP contribution in [0.25, 0.3) is 0 Å². The Morgan fingerprint density at radius 1 is 1.39 bits per heavy atom. The van der Waals surface area contributed by atoms with Crippen molar-refractivity contribution in [2.75, 3.05) is 26.3 Å². The molecule has 0 spiro atoms. The molecule has 2 heterocycles. The minimum absolute atomic E-state index is 0.427. The molecular formula is C14H23NO3. The summed E-state index contributed by atoms with van der Waals surface area (Å²) in [5.41, 5.74) is 1.12. The first-order valence-corrected chi connectivity index (χ1v) is 6.68. The standard InChI is InChI=1S/C9H12O2.C5H11NO/c1-2-3-4-8-5-9(6-10)11-7-8;1-2-6-3-5-7-4-1/h5-7H,2-4H2,1H3;6H,1-5H2. The third-order valence-corrected chi connectivity index (χ3v) is 2.67. The van der Waals surface area contributed by atoms with Crippen molar-refractivity contribution in [3.8, 4) is 0 Å². The summed E-state index contributed by atoms with van der Waals surface area (Å²) >= 11 is 0. The van der Waals surface area contributed by atoms with E-state index in [0.29, 0.717) is 5.76 Å². The molecule has 4 nitrogen and oxygen atoms in total. The van der Waals surface area contributed by atoms with Crippen molar-refractivity contribution in [2.45, 2.75) is 32.6 Å². The van der Waals surface area contributed by atoms with Crippen LogP contribution < -0.4 is 5.32 Å². The van der Waals surface area contributed by atoms with Crippen molar-refractivity contribution in [2.24, 2.45) is 0 Å². The quantitative estimate of drug-likeness (QED) is 0.837. The van der Waals surface area contributed by atoms with Crippen molar-refractivity contribution < 1.29 is 13.9 Å². The summed E-state index contributed by atoms with van der Waals surface area (Å²) in [6.07, 6.45) is 6.88. The molecule has 0 saturated carbocycles. The van der Waals surface area contributed by atoms with Crippen molar-refractivity contribution >= 4 is 6.29 Å². The molecule has 0 radical (unpaired) electrons. The molecule has 4 heteroatoms. The average Bonchev–Trinajstić information content (AvgIpc) is 2.65. The van der Waals surface area contributed by atoms with Crippen molar-refractivity contribution in [1.29, 1.82) is 0 Å². The van der Waals surface area contributed by atoms with Gasteiger partial charge in [0.1, 0.15) is 0 Å². The minimum atomic E-state index is 0.427. The van der Waals surface area contributed by atoms with Crippen LogP contribution in [0.2, 0.25) is 0 Å². The normalized spacial score (nSPS) is 15.4. The van der Waals surface area contributed by atoms with Gasteiger partial charge < -0.3 is 14.5 Å². The maximum absolute atomic E-state index is 10.2. The Balaban J connectivity index is 0.000000199. The molecule has 0 bridgehead atoms. The zero-order valence-corrected chi connectivity index (χ0v) is 11.1. The van der Waals surface area contributed by atoms with Gasteiger partial charge in [-0.15, -0.1) is 0 Å². The van der Waals surface area contributed by atoms with Crippen LogP contribution in [0.5, 0.6) is 0 Å². The van der Waals surface area contributed by atoms with Gasteiger partial charge in [0.25, 0.3) is 0 Å². The Kier molecular flexibility index (Phi) is 8.17. The van der Waals surface area contributed by atoms with Gasteiger partial charge in [-0.05, 0) is 37.4 Å². The Morgan fingerprint density at radius 2 is 2.28 bits per heavy atom. The highest BCUT2D eigenvalue weighted by atomic mass is 16.5. The summed E-state index contributed by atoms with van der Waals surface area (Å²) in [5.74, 6) is 0.427. The summed E-state index contributed by atoms with van der Waals surface area (Å²) in [7, 11) is 0. The molecular weight excluding hydrogens is 230 g/mol. The van der Waals surface area contributed by atoms with E-state index in [4.69, 9.17) is 9.15 Å².